The van der Waals surface area contributed by atoms with Gasteiger partial charge in [-0.05, 0) is 25.5 Å². The number of benzene rings is 1. The van der Waals surface area contributed by atoms with Crippen LogP contribution in [-0.2, 0) is 21.8 Å². The average molecular weight is 295 g/mol. The Labute approximate surface area is 110 Å². The van der Waals surface area contributed by atoms with Crippen LogP contribution < -0.4 is 5.73 Å². The summed E-state index contributed by atoms with van der Waals surface area (Å²) in [6, 6.07) is 4.31. The van der Waals surface area contributed by atoms with E-state index in [1.807, 2.05) is 0 Å². The van der Waals surface area contributed by atoms with Crippen molar-refractivity contribution in [3.63, 3.8) is 0 Å². The summed E-state index contributed by atoms with van der Waals surface area (Å²) >= 11 is 0. The van der Waals surface area contributed by atoms with Gasteiger partial charge in [0.1, 0.15) is 0 Å². The van der Waals surface area contributed by atoms with Crippen molar-refractivity contribution in [2.45, 2.75) is 31.3 Å². The van der Waals surface area contributed by atoms with E-state index >= 15 is 0 Å². The second-order valence-corrected chi connectivity index (χ2v) is 7.28. The van der Waals surface area contributed by atoms with Crippen LogP contribution in [0.2, 0.25) is 0 Å². The lowest BCUT2D eigenvalue weighted by atomic mass is 10.1. The van der Waals surface area contributed by atoms with Crippen molar-refractivity contribution in [3.05, 3.63) is 35.4 Å². The normalized spacial score (nSPS) is 13.6. The molecule has 0 unspecified atom stereocenters. The number of rotatable bonds is 4. The van der Waals surface area contributed by atoms with Crippen LogP contribution in [0.15, 0.2) is 24.3 Å². The van der Waals surface area contributed by atoms with Gasteiger partial charge in [-0.1, -0.05) is 18.2 Å². The van der Waals surface area contributed by atoms with Crippen molar-refractivity contribution < 1.29 is 21.6 Å². The molecule has 0 aliphatic heterocycles. The Hall–Kier alpha value is -1.08. The maximum atomic E-state index is 12.5. The zero-order valence-corrected chi connectivity index (χ0v) is 11.5. The zero-order chi connectivity index (χ0) is 14.9. The quantitative estimate of drug-likeness (QED) is 0.927. The predicted molar refractivity (Wildman–Crippen MR) is 67.2 cm³/mol. The van der Waals surface area contributed by atoms with Gasteiger partial charge in [0.2, 0.25) is 0 Å². The summed E-state index contributed by atoms with van der Waals surface area (Å²) in [5, 5.41) is 0. The van der Waals surface area contributed by atoms with Crippen molar-refractivity contribution in [1.82, 2.24) is 0 Å². The molecular weight excluding hydrogens is 279 g/mol. The van der Waals surface area contributed by atoms with Crippen LogP contribution in [0.4, 0.5) is 13.2 Å². The van der Waals surface area contributed by atoms with Crippen LogP contribution in [0.5, 0.6) is 0 Å². The lowest BCUT2D eigenvalue weighted by molar-refractivity contribution is -0.137. The molecule has 0 aliphatic carbocycles. The Morgan fingerprint density at radius 1 is 1.21 bits per heavy atom. The first kappa shape index (κ1) is 16.0. The van der Waals surface area contributed by atoms with E-state index in [1.165, 1.54) is 12.1 Å². The number of nitrogens with two attached hydrogens (primary N) is 1. The molecule has 1 aromatic carbocycles. The first-order valence-electron chi connectivity index (χ1n) is 5.54. The van der Waals surface area contributed by atoms with Crippen LogP contribution in [0.3, 0.4) is 0 Å². The Morgan fingerprint density at radius 2 is 1.79 bits per heavy atom. The summed E-state index contributed by atoms with van der Waals surface area (Å²) in [4.78, 5) is 0. The Morgan fingerprint density at radius 3 is 2.26 bits per heavy atom. The molecule has 1 aromatic rings. The number of sulfone groups is 1. The molecule has 0 aliphatic rings. The highest BCUT2D eigenvalue weighted by molar-refractivity contribution is 7.90. The van der Waals surface area contributed by atoms with Crippen molar-refractivity contribution in [1.29, 1.82) is 0 Å². The number of halogens is 3. The molecule has 0 fully saturated rings. The lowest BCUT2D eigenvalue weighted by Crippen LogP contribution is -2.40. The van der Waals surface area contributed by atoms with E-state index in [2.05, 4.69) is 0 Å². The summed E-state index contributed by atoms with van der Waals surface area (Å²) in [5.74, 6) is -0.728. The van der Waals surface area contributed by atoms with E-state index < -0.39 is 32.9 Å². The lowest BCUT2D eigenvalue weighted by Gasteiger charge is -2.18. The van der Waals surface area contributed by atoms with Crippen molar-refractivity contribution in [2.75, 3.05) is 5.75 Å². The molecule has 3 nitrogen and oxygen atoms in total. The minimum absolute atomic E-state index is 0.110. The van der Waals surface area contributed by atoms with Gasteiger partial charge in [-0.15, -0.1) is 0 Å². The SMILES string of the molecule is CC(C)(N)CS(=O)(=O)Cc1cccc(C(F)(F)F)c1. The third kappa shape index (κ3) is 5.61. The highest BCUT2D eigenvalue weighted by Gasteiger charge is 2.31. The van der Waals surface area contributed by atoms with E-state index in [1.54, 1.807) is 13.8 Å². The maximum Gasteiger partial charge on any atom is 0.416 e. The van der Waals surface area contributed by atoms with E-state index in [0.717, 1.165) is 12.1 Å². The van der Waals surface area contributed by atoms with Gasteiger partial charge in [0.25, 0.3) is 0 Å². The van der Waals surface area contributed by atoms with E-state index in [9.17, 15) is 21.6 Å². The Kier molecular flexibility index (Phi) is 4.31. The van der Waals surface area contributed by atoms with Gasteiger partial charge >= 0.3 is 6.18 Å². The fourth-order valence-electron chi connectivity index (χ4n) is 1.71. The van der Waals surface area contributed by atoms with Gasteiger partial charge in [-0.3, -0.25) is 0 Å². The topological polar surface area (TPSA) is 60.2 Å². The van der Waals surface area contributed by atoms with Gasteiger partial charge in [0, 0.05) is 5.54 Å². The number of hydrogen-bond acceptors (Lipinski definition) is 3. The predicted octanol–water partition coefficient (Wildman–Crippen LogP) is 2.36. The molecular formula is C12H16F3NO2S. The van der Waals surface area contributed by atoms with Crippen LogP contribution >= 0.6 is 0 Å². The van der Waals surface area contributed by atoms with Gasteiger partial charge in [-0.25, -0.2) is 8.42 Å². The second-order valence-electron chi connectivity index (χ2n) is 5.22. The first-order chi connectivity index (χ1) is 8.39. The molecule has 108 valence electrons. The Bertz CT molecular complexity index is 545. The fourth-order valence-corrected chi connectivity index (χ4v) is 3.63. The molecule has 0 atom stereocenters. The highest BCUT2D eigenvalue weighted by Crippen LogP contribution is 2.29. The molecule has 1 rings (SSSR count). The average Bonchev–Trinajstić information content (AvgIpc) is 2.11. The number of hydrogen-bond donors (Lipinski definition) is 1. The maximum absolute atomic E-state index is 12.5. The molecule has 2 N–H and O–H groups in total. The smallest absolute Gasteiger partial charge is 0.325 e. The van der Waals surface area contributed by atoms with Crippen LogP contribution in [0.1, 0.15) is 25.0 Å². The summed E-state index contributed by atoms with van der Waals surface area (Å²) < 4.78 is 61.1. The third-order valence-electron chi connectivity index (χ3n) is 2.23. The molecule has 0 saturated heterocycles. The summed E-state index contributed by atoms with van der Waals surface area (Å²) in [5.41, 5.74) is 3.95. The minimum atomic E-state index is -4.48. The van der Waals surface area contributed by atoms with E-state index in [-0.39, 0.29) is 11.3 Å². The fraction of sp³-hybridized carbons (Fsp3) is 0.500. The molecule has 0 saturated carbocycles. The first-order valence-corrected chi connectivity index (χ1v) is 7.37. The largest absolute Gasteiger partial charge is 0.416 e. The molecule has 0 heterocycles. The monoisotopic (exact) mass is 295 g/mol. The molecule has 0 aromatic heterocycles. The van der Waals surface area contributed by atoms with Gasteiger partial charge in [0.15, 0.2) is 9.84 Å². The van der Waals surface area contributed by atoms with Gasteiger partial charge in [0.05, 0.1) is 17.1 Å². The standard InChI is InChI=1S/C12H16F3NO2S/c1-11(2,16)8-19(17,18)7-9-4-3-5-10(6-9)12(13,14)15/h3-6H,7-8,16H2,1-2H3. The molecule has 0 bridgehead atoms. The summed E-state index contributed by atoms with van der Waals surface area (Å²) in [6.07, 6.45) is -4.48. The second kappa shape index (κ2) is 5.13. The van der Waals surface area contributed by atoms with Crippen molar-refractivity contribution >= 4 is 9.84 Å². The van der Waals surface area contributed by atoms with E-state index in [0.29, 0.717) is 0 Å². The molecule has 0 spiro atoms. The zero-order valence-electron chi connectivity index (χ0n) is 10.7. The molecule has 0 amide bonds. The van der Waals surface area contributed by atoms with Gasteiger partial charge < -0.3 is 5.73 Å². The third-order valence-corrected chi connectivity index (χ3v) is 4.19. The number of alkyl halides is 3. The van der Waals surface area contributed by atoms with Crippen molar-refractivity contribution in [2.24, 2.45) is 5.73 Å². The van der Waals surface area contributed by atoms with Crippen molar-refractivity contribution in [3.8, 4) is 0 Å². The molecule has 0 radical (unpaired) electrons. The van der Waals surface area contributed by atoms with Crippen LogP contribution in [0.25, 0.3) is 0 Å². The molecule has 19 heavy (non-hydrogen) atoms. The minimum Gasteiger partial charge on any atom is -0.325 e. The molecule has 7 heteroatoms. The summed E-state index contributed by atoms with van der Waals surface area (Å²) in [6.45, 7) is 3.10. The van der Waals surface area contributed by atoms with E-state index in [4.69, 9.17) is 5.73 Å². The van der Waals surface area contributed by atoms with Gasteiger partial charge in [-0.2, -0.15) is 13.2 Å². The highest BCUT2D eigenvalue weighted by atomic mass is 32.2. The summed E-state index contributed by atoms with van der Waals surface area (Å²) in [7, 11) is -3.55. The van der Waals surface area contributed by atoms with Crippen LogP contribution in [0, 0.1) is 0 Å². The van der Waals surface area contributed by atoms with Crippen LogP contribution in [-0.4, -0.2) is 19.7 Å². The Balaban J connectivity index is 2.95.